The number of nitrogens with one attached hydrogen (secondary N) is 1. The molecule has 1 aromatic rings. The maximum Gasteiger partial charge on any atom is 0.273 e. The number of nitrogens with zero attached hydrogens (tertiary/aromatic N) is 4. The molecule has 2 saturated heterocycles. The third-order valence-electron chi connectivity index (χ3n) is 5.81. The fraction of sp³-hybridized carbons (Fsp3) is 0.700. The SMILES string of the molecule is Cc1cc(C(=O)N[C@@H]2CCC[C@@H](C(=O)N3CCN(C)CC3)CC(=O)N(C)C2)no1. The highest BCUT2D eigenvalue weighted by Crippen LogP contribution is 2.21. The van der Waals surface area contributed by atoms with Gasteiger partial charge in [-0.25, -0.2) is 0 Å². The summed E-state index contributed by atoms with van der Waals surface area (Å²) in [5, 5.41) is 6.70. The number of amides is 3. The topological polar surface area (TPSA) is 99.0 Å². The van der Waals surface area contributed by atoms with E-state index in [2.05, 4.69) is 22.4 Å². The van der Waals surface area contributed by atoms with Crippen LogP contribution in [0.2, 0.25) is 0 Å². The summed E-state index contributed by atoms with van der Waals surface area (Å²) in [6.07, 6.45) is 2.35. The van der Waals surface area contributed by atoms with Crippen molar-refractivity contribution in [1.82, 2.24) is 25.2 Å². The predicted octanol–water partition coefficient (Wildman–Crippen LogP) is 0.504. The molecule has 3 rings (SSSR count). The molecule has 2 fully saturated rings. The van der Waals surface area contributed by atoms with Crippen LogP contribution in [0, 0.1) is 12.8 Å². The fourth-order valence-corrected chi connectivity index (χ4v) is 3.95. The van der Waals surface area contributed by atoms with Crippen LogP contribution >= 0.6 is 0 Å². The van der Waals surface area contributed by atoms with Crippen LogP contribution in [0.1, 0.15) is 41.9 Å². The molecule has 2 aliphatic heterocycles. The molecule has 3 heterocycles. The van der Waals surface area contributed by atoms with E-state index in [0.717, 1.165) is 19.5 Å². The molecule has 0 radical (unpaired) electrons. The van der Waals surface area contributed by atoms with E-state index >= 15 is 0 Å². The van der Waals surface area contributed by atoms with Gasteiger partial charge in [-0.15, -0.1) is 0 Å². The van der Waals surface area contributed by atoms with E-state index in [4.69, 9.17) is 4.52 Å². The number of piperazine rings is 1. The second-order valence-electron chi connectivity index (χ2n) is 8.23. The molecule has 0 aromatic carbocycles. The Bertz CT molecular complexity index is 741. The first kappa shape index (κ1) is 21.3. The number of hydrogen-bond donors (Lipinski definition) is 1. The monoisotopic (exact) mass is 405 g/mol. The summed E-state index contributed by atoms with van der Waals surface area (Å²) in [4.78, 5) is 43.8. The number of likely N-dealkylation sites (N-methyl/N-ethyl adjacent to an activating group) is 2. The lowest BCUT2D eigenvalue weighted by molar-refractivity contribution is -0.142. The summed E-state index contributed by atoms with van der Waals surface area (Å²) in [5.74, 6) is -0.00325. The summed E-state index contributed by atoms with van der Waals surface area (Å²) in [6.45, 7) is 5.30. The van der Waals surface area contributed by atoms with Crippen molar-refractivity contribution in [1.29, 1.82) is 0 Å². The van der Waals surface area contributed by atoms with Crippen LogP contribution in [0.5, 0.6) is 0 Å². The van der Waals surface area contributed by atoms with Crippen molar-refractivity contribution in [3.8, 4) is 0 Å². The van der Waals surface area contributed by atoms with Gasteiger partial charge >= 0.3 is 0 Å². The van der Waals surface area contributed by atoms with Gasteiger partial charge in [-0.2, -0.15) is 0 Å². The first-order valence-corrected chi connectivity index (χ1v) is 10.3. The van der Waals surface area contributed by atoms with E-state index in [-0.39, 0.29) is 41.8 Å². The lowest BCUT2D eigenvalue weighted by atomic mass is 9.95. The Morgan fingerprint density at radius 3 is 2.55 bits per heavy atom. The van der Waals surface area contributed by atoms with Gasteiger partial charge in [0.25, 0.3) is 5.91 Å². The summed E-state index contributed by atoms with van der Waals surface area (Å²) in [7, 11) is 3.78. The standard InChI is InChI=1S/C20H31N5O4/c1-14-11-17(22-29-14)19(27)21-16-6-4-5-15(12-18(26)24(3)13-16)20(28)25-9-7-23(2)8-10-25/h11,15-16H,4-10,12-13H2,1-3H3,(H,21,27)/t15-,16-/m1/s1. The molecule has 3 amide bonds. The molecule has 9 nitrogen and oxygen atoms in total. The van der Waals surface area contributed by atoms with Crippen LogP contribution in [0.15, 0.2) is 10.6 Å². The van der Waals surface area contributed by atoms with Gasteiger partial charge in [-0.05, 0) is 26.8 Å². The minimum Gasteiger partial charge on any atom is -0.361 e. The highest BCUT2D eigenvalue weighted by atomic mass is 16.5. The van der Waals surface area contributed by atoms with Gasteiger partial charge in [0.1, 0.15) is 5.76 Å². The second kappa shape index (κ2) is 9.39. The van der Waals surface area contributed by atoms with Gasteiger partial charge in [0, 0.05) is 64.2 Å². The Labute approximate surface area is 171 Å². The number of rotatable bonds is 3. The van der Waals surface area contributed by atoms with Crippen LogP contribution < -0.4 is 5.32 Å². The van der Waals surface area contributed by atoms with Gasteiger partial charge in [-0.3, -0.25) is 14.4 Å². The maximum absolute atomic E-state index is 13.0. The molecule has 29 heavy (non-hydrogen) atoms. The van der Waals surface area contributed by atoms with Crippen molar-refractivity contribution in [3.63, 3.8) is 0 Å². The van der Waals surface area contributed by atoms with E-state index in [1.54, 1.807) is 24.9 Å². The first-order valence-electron chi connectivity index (χ1n) is 10.3. The number of aryl methyl sites for hydroxylation is 1. The van der Waals surface area contributed by atoms with E-state index in [1.165, 1.54) is 0 Å². The molecule has 1 N–H and O–H groups in total. The summed E-state index contributed by atoms with van der Waals surface area (Å²) in [6, 6.07) is 1.40. The fourth-order valence-electron chi connectivity index (χ4n) is 3.95. The number of carbonyl (C=O) groups excluding carboxylic acids is 3. The largest absolute Gasteiger partial charge is 0.361 e. The van der Waals surface area contributed by atoms with Crippen molar-refractivity contribution in [2.45, 2.75) is 38.6 Å². The molecule has 160 valence electrons. The predicted molar refractivity (Wildman–Crippen MR) is 106 cm³/mol. The highest BCUT2D eigenvalue weighted by molar-refractivity contribution is 5.92. The minimum atomic E-state index is -0.308. The van der Waals surface area contributed by atoms with E-state index < -0.39 is 0 Å². The van der Waals surface area contributed by atoms with Gasteiger partial charge in [-0.1, -0.05) is 11.6 Å². The molecule has 1 aromatic heterocycles. The molecule has 2 atom stereocenters. The zero-order valence-electron chi connectivity index (χ0n) is 17.5. The van der Waals surface area contributed by atoms with E-state index in [1.807, 2.05) is 4.90 Å². The van der Waals surface area contributed by atoms with E-state index in [9.17, 15) is 14.4 Å². The summed E-state index contributed by atoms with van der Waals surface area (Å²) in [5.41, 5.74) is 0.236. The van der Waals surface area contributed by atoms with Crippen LogP contribution in [-0.4, -0.2) is 90.4 Å². The van der Waals surface area contributed by atoms with Crippen LogP contribution in [0.3, 0.4) is 0 Å². The molecule has 0 spiro atoms. The van der Waals surface area contributed by atoms with Gasteiger partial charge in [0.05, 0.1) is 0 Å². The smallest absolute Gasteiger partial charge is 0.273 e. The molecular formula is C20H31N5O4. The third kappa shape index (κ3) is 5.56. The second-order valence-corrected chi connectivity index (χ2v) is 8.23. The molecule has 2 aliphatic rings. The lowest BCUT2D eigenvalue weighted by Crippen LogP contribution is -2.49. The van der Waals surface area contributed by atoms with Crippen LogP contribution in [0.25, 0.3) is 0 Å². The first-order chi connectivity index (χ1) is 13.8. The minimum absolute atomic E-state index is 0.0593. The van der Waals surface area contributed by atoms with Crippen molar-refractivity contribution < 1.29 is 18.9 Å². The zero-order chi connectivity index (χ0) is 21.0. The van der Waals surface area contributed by atoms with Gasteiger partial charge < -0.3 is 24.5 Å². The van der Waals surface area contributed by atoms with Crippen LogP contribution in [0.4, 0.5) is 0 Å². The molecule has 0 aliphatic carbocycles. The van der Waals surface area contributed by atoms with Crippen molar-refractivity contribution in [3.05, 3.63) is 17.5 Å². The molecule has 0 saturated carbocycles. The molecule has 0 unspecified atom stereocenters. The number of carbonyl (C=O) groups is 3. The van der Waals surface area contributed by atoms with Crippen molar-refractivity contribution in [2.75, 3.05) is 46.8 Å². The highest BCUT2D eigenvalue weighted by Gasteiger charge is 2.31. The average molecular weight is 405 g/mol. The lowest BCUT2D eigenvalue weighted by Gasteiger charge is -2.34. The summed E-state index contributed by atoms with van der Waals surface area (Å²) < 4.78 is 4.96. The third-order valence-corrected chi connectivity index (χ3v) is 5.81. The Balaban J connectivity index is 1.61. The number of aromatic nitrogens is 1. The number of hydrogen-bond acceptors (Lipinski definition) is 6. The Morgan fingerprint density at radius 1 is 1.17 bits per heavy atom. The summed E-state index contributed by atoms with van der Waals surface area (Å²) >= 11 is 0. The van der Waals surface area contributed by atoms with Gasteiger partial charge in [0.15, 0.2) is 5.69 Å². The quantitative estimate of drug-likeness (QED) is 0.787. The Kier molecular flexibility index (Phi) is 6.89. The molecular weight excluding hydrogens is 374 g/mol. The molecule has 9 heteroatoms. The van der Waals surface area contributed by atoms with Crippen LogP contribution in [-0.2, 0) is 9.59 Å². The maximum atomic E-state index is 13.0. The van der Waals surface area contributed by atoms with Crippen molar-refractivity contribution in [2.24, 2.45) is 5.92 Å². The van der Waals surface area contributed by atoms with Crippen molar-refractivity contribution >= 4 is 17.7 Å². The zero-order valence-corrected chi connectivity index (χ0v) is 17.5. The normalized spacial score (nSPS) is 24.6. The Hall–Kier alpha value is -2.42. The Morgan fingerprint density at radius 2 is 1.90 bits per heavy atom. The average Bonchev–Trinajstić information content (AvgIpc) is 3.14. The van der Waals surface area contributed by atoms with E-state index in [0.29, 0.717) is 38.2 Å². The molecule has 0 bridgehead atoms. The van der Waals surface area contributed by atoms with Gasteiger partial charge in [0.2, 0.25) is 11.8 Å².